The summed E-state index contributed by atoms with van der Waals surface area (Å²) < 4.78 is 11.0. The lowest BCUT2D eigenvalue weighted by molar-refractivity contribution is 0.317. The first-order valence-electron chi connectivity index (χ1n) is 6.32. The number of nitrogens with zero attached hydrogens (tertiary/aromatic N) is 2. The lowest BCUT2D eigenvalue weighted by Gasteiger charge is -2.10. The van der Waals surface area contributed by atoms with Gasteiger partial charge in [-0.3, -0.25) is 0 Å². The molecule has 1 heterocycles. The summed E-state index contributed by atoms with van der Waals surface area (Å²) in [5, 5.41) is 12.6. The van der Waals surface area contributed by atoms with E-state index >= 15 is 0 Å². The van der Waals surface area contributed by atoms with Gasteiger partial charge in [0, 0.05) is 0 Å². The topological polar surface area (TPSA) is 67.9 Å². The number of aromatic nitrogens is 1. The van der Waals surface area contributed by atoms with Crippen LogP contribution in [0.1, 0.15) is 11.5 Å². The highest BCUT2D eigenvalue weighted by Crippen LogP contribution is 2.27. The fourth-order valence-corrected chi connectivity index (χ4v) is 1.92. The highest BCUT2D eigenvalue weighted by atomic mass is 16.5. The smallest absolute Gasteiger partial charge is 0.249 e. The predicted molar refractivity (Wildman–Crippen MR) is 76.9 cm³/mol. The second kappa shape index (κ2) is 5.92. The molecule has 1 aromatic heterocycles. The largest absolute Gasteiger partial charge is 0.457 e. The van der Waals surface area contributed by atoms with Gasteiger partial charge >= 0.3 is 0 Å². The van der Waals surface area contributed by atoms with Crippen molar-refractivity contribution >= 4 is 5.71 Å². The summed E-state index contributed by atoms with van der Waals surface area (Å²) >= 11 is 0. The number of hydrogen-bond donors (Lipinski definition) is 1. The van der Waals surface area contributed by atoms with Crippen molar-refractivity contribution in [1.82, 2.24) is 4.98 Å². The van der Waals surface area contributed by atoms with Gasteiger partial charge in [-0.25, -0.2) is 4.98 Å². The monoisotopic (exact) mass is 280 g/mol. The highest BCUT2D eigenvalue weighted by molar-refractivity contribution is 6.11. The molecule has 21 heavy (non-hydrogen) atoms. The maximum atomic E-state index is 9.27. The number of oxazole rings is 1. The summed E-state index contributed by atoms with van der Waals surface area (Å²) in [4.78, 5) is 4.00. The van der Waals surface area contributed by atoms with E-state index in [4.69, 9.17) is 9.15 Å². The number of oxime groups is 1. The Morgan fingerprint density at radius 1 is 1.05 bits per heavy atom. The predicted octanol–water partition coefficient (Wildman–Crippen LogP) is 3.69. The number of benzene rings is 2. The number of para-hydroxylation sites is 2. The molecular formula is C16H12N2O3. The van der Waals surface area contributed by atoms with Crippen molar-refractivity contribution in [3.63, 3.8) is 0 Å². The van der Waals surface area contributed by atoms with Gasteiger partial charge in [-0.1, -0.05) is 35.5 Å². The summed E-state index contributed by atoms with van der Waals surface area (Å²) in [6.07, 6.45) is 2.91. The van der Waals surface area contributed by atoms with Crippen molar-refractivity contribution in [2.75, 3.05) is 0 Å². The summed E-state index contributed by atoms with van der Waals surface area (Å²) in [6.45, 7) is 0. The minimum absolute atomic E-state index is 0.214. The van der Waals surface area contributed by atoms with E-state index < -0.39 is 0 Å². The minimum Gasteiger partial charge on any atom is -0.457 e. The molecule has 0 fully saturated rings. The second-order valence-corrected chi connectivity index (χ2v) is 4.20. The van der Waals surface area contributed by atoms with Crippen LogP contribution in [-0.4, -0.2) is 15.9 Å². The molecule has 2 aromatic carbocycles. The molecule has 0 saturated carbocycles. The van der Waals surface area contributed by atoms with Gasteiger partial charge in [0.25, 0.3) is 0 Å². The third-order valence-corrected chi connectivity index (χ3v) is 2.85. The van der Waals surface area contributed by atoms with E-state index in [2.05, 4.69) is 10.1 Å². The van der Waals surface area contributed by atoms with Crippen molar-refractivity contribution < 1.29 is 14.4 Å². The molecule has 0 amide bonds. The maximum absolute atomic E-state index is 9.27. The van der Waals surface area contributed by atoms with E-state index in [9.17, 15) is 5.21 Å². The van der Waals surface area contributed by atoms with Crippen LogP contribution in [0.2, 0.25) is 0 Å². The van der Waals surface area contributed by atoms with Crippen molar-refractivity contribution in [3.8, 4) is 11.5 Å². The Kier molecular flexibility index (Phi) is 3.64. The molecule has 104 valence electrons. The summed E-state index contributed by atoms with van der Waals surface area (Å²) in [6, 6.07) is 16.6. The third kappa shape index (κ3) is 2.76. The van der Waals surface area contributed by atoms with Gasteiger partial charge in [-0.15, -0.1) is 0 Å². The van der Waals surface area contributed by atoms with E-state index in [0.717, 1.165) is 0 Å². The summed E-state index contributed by atoms with van der Waals surface area (Å²) in [7, 11) is 0. The number of hydrogen-bond acceptors (Lipinski definition) is 5. The zero-order chi connectivity index (χ0) is 14.5. The molecule has 0 aliphatic heterocycles. The Labute approximate surface area is 121 Å². The fraction of sp³-hybridized carbons (Fsp3) is 0. The average Bonchev–Trinajstić information content (AvgIpc) is 3.05. The molecule has 3 aromatic rings. The van der Waals surface area contributed by atoms with Crippen molar-refractivity contribution in [3.05, 3.63) is 78.5 Å². The third-order valence-electron chi connectivity index (χ3n) is 2.85. The zero-order valence-corrected chi connectivity index (χ0v) is 11.0. The standard InChI is InChI=1S/C16H12N2O3/c19-18-15(16-17-10-11-20-16)13-8-4-5-9-14(13)21-12-6-2-1-3-7-12/h1-11,19H/b18-15-. The molecule has 0 aliphatic rings. The van der Waals surface area contributed by atoms with Crippen LogP contribution in [0.5, 0.6) is 11.5 Å². The first-order chi connectivity index (χ1) is 10.4. The molecule has 0 bridgehead atoms. The minimum atomic E-state index is 0.214. The van der Waals surface area contributed by atoms with Gasteiger partial charge < -0.3 is 14.4 Å². The maximum Gasteiger partial charge on any atom is 0.249 e. The molecule has 0 saturated heterocycles. The van der Waals surface area contributed by atoms with E-state index in [1.165, 1.54) is 12.5 Å². The van der Waals surface area contributed by atoms with Crippen LogP contribution in [0.15, 0.2) is 76.6 Å². The van der Waals surface area contributed by atoms with Gasteiger partial charge in [0.05, 0.1) is 11.8 Å². The van der Waals surface area contributed by atoms with Crippen LogP contribution < -0.4 is 4.74 Å². The van der Waals surface area contributed by atoms with Crippen LogP contribution in [0.3, 0.4) is 0 Å². The highest BCUT2D eigenvalue weighted by Gasteiger charge is 2.17. The van der Waals surface area contributed by atoms with Crippen LogP contribution in [0.25, 0.3) is 0 Å². The molecule has 0 atom stereocenters. The molecule has 0 radical (unpaired) electrons. The van der Waals surface area contributed by atoms with E-state index in [1.54, 1.807) is 12.1 Å². The zero-order valence-electron chi connectivity index (χ0n) is 11.0. The van der Waals surface area contributed by atoms with Crippen LogP contribution in [0, 0.1) is 0 Å². The van der Waals surface area contributed by atoms with Gasteiger partial charge in [0.2, 0.25) is 5.89 Å². The number of rotatable bonds is 4. The first-order valence-corrected chi connectivity index (χ1v) is 6.32. The van der Waals surface area contributed by atoms with Crippen molar-refractivity contribution in [2.45, 2.75) is 0 Å². The normalized spacial score (nSPS) is 11.3. The Bertz CT molecular complexity index is 737. The average molecular weight is 280 g/mol. The first kappa shape index (κ1) is 12.9. The van der Waals surface area contributed by atoms with E-state index in [-0.39, 0.29) is 11.6 Å². The van der Waals surface area contributed by atoms with Crippen LogP contribution >= 0.6 is 0 Å². The molecule has 5 nitrogen and oxygen atoms in total. The van der Waals surface area contributed by atoms with Gasteiger partial charge in [0.1, 0.15) is 17.8 Å². The molecule has 0 spiro atoms. The van der Waals surface area contributed by atoms with Gasteiger partial charge in [-0.2, -0.15) is 0 Å². The Morgan fingerprint density at radius 3 is 2.52 bits per heavy atom. The Morgan fingerprint density at radius 2 is 1.81 bits per heavy atom. The molecule has 3 rings (SSSR count). The SMILES string of the molecule is O/N=C(\c1ncco1)c1ccccc1Oc1ccccc1. The van der Waals surface area contributed by atoms with Crippen LogP contribution in [0.4, 0.5) is 0 Å². The lowest BCUT2D eigenvalue weighted by atomic mass is 10.1. The molecule has 0 aliphatic carbocycles. The van der Waals surface area contributed by atoms with E-state index in [1.807, 2.05) is 42.5 Å². The summed E-state index contributed by atoms with van der Waals surface area (Å²) in [5.41, 5.74) is 0.804. The summed E-state index contributed by atoms with van der Waals surface area (Å²) in [5.74, 6) is 1.46. The second-order valence-electron chi connectivity index (χ2n) is 4.20. The molecular weight excluding hydrogens is 268 g/mol. The van der Waals surface area contributed by atoms with Crippen LogP contribution in [-0.2, 0) is 0 Å². The van der Waals surface area contributed by atoms with E-state index in [0.29, 0.717) is 17.1 Å². The van der Waals surface area contributed by atoms with Crippen molar-refractivity contribution in [1.29, 1.82) is 0 Å². The van der Waals surface area contributed by atoms with Crippen molar-refractivity contribution in [2.24, 2.45) is 5.16 Å². The van der Waals surface area contributed by atoms with Gasteiger partial charge in [0.15, 0.2) is 5.71 Å². The molecule has 1 N–H and O–H groups in total. The quantitative estimate of drug-likeness (QED) is 0.449. The fourth-order valence-electron chi connectivity index (χ4n) is 1.92. The molecule has 0 unspecified atom stereocenters. The Balaban J connectivity index is 2.00. The number of ether oxygens (including phenoxy) is 1. The molecule has 5 heteroatoms. The lowest BCUT2D eigenvalue weighted by Crippen LogP contribution is -2.05. The van der Waals surface area contributed by atoms with Gasteiger partial charge in [-0.05, 0) is 24.3 Å². The Hall–Kier alpha value is -3.08.